The fourth-order valence-corrected chi connectivity index (χ4v) is 1.66. The van der Waals surface area contributed by atoms with Crippen molar-refractivity contribution in [3.05, 3.63) is 22.7 Å². The number of nitrogens with one attached hydrogen (secondary N) is 1. The highest BCUT2D eigenvalue weighted by Crippen LogP contribution is 2.17. The lowest BCUT2D eigenvalue weighted by Crippen LogP contribution is -1.97. The number of nitrogens with zero attached hydrogens (tertiary/aromatic N) is 3. The summed E-state index contributed by atoms with van der Waals surface area (Å²) in [5.41, 5.74) is 1.83. The van der Waals surface area contributed by atoms with Crippen molar-refractivity contribution in [2.24, 2.45) is 0 Å². The average molecular weight is 241 g/mol. The third-order valence-electron chi connectivity index (χ3n) is 1.77. The van der Waals surface area contributed by atoms with Crippen LogP contribution in [0.2, 0.25) is 0 Å². The second-order valence-corrected chi connectivity index (χ2v) is 3.59. The second-order valence-electron chi connectivity index (χ2n) is 2.78. The zero-order valence-corrected chi connectivity index (χ0v) is 8.96. The monoisotopic (exact) mass is 240 g/mol. The normalized spacial score (nSPS) is 10.7. The maximum absolute atomic E-state index is 4.34. The molecule has 0 aliphatic rings. The van der Waals surface area contributed by atoms with Crippen LogP contribution in [0.5, 0.6) is 0 Å². The first kappa shape index (κ1) is 8.50. The number of halogens is 1. The largest absolute Gasteiger partial charge is 0.370 e. The van der Waals surface area contributed by atoms with Crippen LogP contribution in [0.25, 0.3) is 5.65 Å². The third-order valence-corrected chi connectivity index (χ3v) is 2.15. The van der Waals surface area contributed by atoms with E-state index in [9.17, 15) is 0 Å². The van der Waals surface area contributed by atoms with Gasteiger partial charge >= 0.3 is 0 Å². The van der Waals surface area contributed by atoms with Crippen LogP contribution in [0.4, 0.5) is 5.82 Å². The first-order valence-corrected chi connectivity index (χ1v) is 4.69. The standard InChI is InChI=1S/C8H9BrN4/c1-5-3-13-4-6(9)12-7(10-2)8(13)11-5/h3-4H,1-2H3,(H,10,12). The Bertz CT molecular complexity index is 449. The predicted molar refractivity (Wildman–Crippen MR) is 55.0 cm³/mol. The molecule has 0 saturated carbocycles. The molecule has 5 heteroatoms. The first-order valence-electron chi connectivity index (χ1n) is 3.90. The molecule has 0 aromatic carbocycles. The minimum atomic E-state index is 0.780. The summed E-state index contributed by atoms with van der Waals surface area (Å²) in [6.07, 6.45) is 3.85. The number of imidazole rings is 1. The summed E-state index contributed by atoms with van der Waals surface area (Å²) in [5.74, 6) is 0.780. The number of aryl methyl sites for hydroxylation is 1. The summed E-state index contributed by atoms with van der Waals surface area (Å²) < 4.78 is 2.74. The Balaban J connectivity index is 2.80. The van der Waals surface area contributed by atoms with Crippen molar-refractivity contribution in [3.8, 4) is 0 Å². The summed E-state index contributed by atoms with van der Waals surface area (Å²) >= 11 is 3.33. The Kier molecular flexibility index (Phi) is 1.95. The number of aromatic nitrogens is 3. The molecule has 0 amide bonds. The Labute approximate surface area is 84.1 Å². The van der Waals surface area contributed by atoms with Crippen molar-refractivity contribution in [3.63, 3.8) is 0 Å². The van der Waals surface area contributed by atoms with Gasteiger partial charge in [0.1, 0.15) is 4.60 Å². The van der Waals surface area contributed by atoms with Gasteiger partial charge in [0.2, 0.25) is 0 Å². The van der Waals surface area contributed by atoms with E-state index in [1.165, 1.54) is 0 Å². The molecule has 2 heterocycles. The lowest BCUT2D eigenvalue weighted by Gasteiger charge is -2.01. The molecule has 0 unspecified atom stereocenters. The van der Waals surface area contributed by atoms with Crippen molar-refractivity contribution >= 4 is 27.4 Å². The van der Waals surface area contributed by atoms with Crippen LogP contribution in [0.1, 0.15) is 5.69 Å². The van der Waals surface area contributed by atoms with Gasteiger partial charge < -0.3 is 9.72 Å². The molecule has 0 bridgehead atoms. The molecule has 0 spiro atoms. The molecule has 0 radical (unpaired) electrons. The van der Waals surface area contributed by atoms with Gasteiger partial charge in [-0.1, -0.05) is 0 Å². The molecule has 13 heavy (non-hydrogen) atoms. The van der Waals surface area contributed by atoms with Crippen molar-refractivity contribution in [2.75, 3.05) is 12.4 Å². The van der Waals surface area contributed by atoms with Gasteiger partial charge in [0.15, 0.2) is 11.5 Å². The van der Waals surface area contributed by atoms with E-state index in [2.05, 4.69) is 31.2 Å². The Hall–Kier alpha value is -1.10. The molecular weight excluding hydrogens is 232 g/mol. The maximum Gasteiger partial charge on any atom is 0.180 e. The zero-order valence-electron chi connectivity index (χ0n) is 7.37. The highest BCUT2D eigenvalue weighted by Gasteiger charge is 2.05. The summed E-state index contributed by atoms with van der Waals surface area (Å²) in [4.78, 5) is 8.60. The quantitative estimate of drug-likeness (QED) is 0.828. The molecule has 0 atom stereocenters. The summed E-state index contributed by atoms with van der Waals surface area (Å²) in [6, 6.07) is 0. The maximum atomic E-state index is 4.34. The van der Waals surface area contributed by atoms with Crippen LogP contribution in [-0.2, 0) is 0 Å². The van der Waals surface area contributed by atoms with Gasteiger partial charge in [0.25, 0.3) is 0 Å². The number of rotatable bonds is 1. The number of hydrogen-bond donors (Lipinski definition) is 1. The van der Waals surface area contributed by atoms with E-state index in [0.717, 1.165) is 21.8 Å². The number of fused-ring (bicyclic) bond motifs is 1. The topological polar surface area (TPSA) is 42.2 Å². The minimum absolute atomic E-state index is 0.780. The van der Waals surface area contributed by atoms with Crippen LogP contribution in [0.15, 0.2) is 17.0 Å². The smallest absolute Gasteiger partial charge is 0.180 e. The van der Waals surface area contributed by atoms with Crippen molar-refractivity contribution in [1.29, 1.82) is 0 Å². The molecule has 68 valence electrons. The number of hydrogen-bond acceptors (Lipinski definition) is 3. The summed E-state index contributed by atoms with van der Waals surface area (Å²) in [5, 5.41) is 3.00. The fraction of sp³-hybridized carbons (Fsp3) is 0.250. The third kappa shape index (κ3) is 1.39. The summed E-state index contributed by atoms with van der Waals surface area (Å²) in [6.45, 7) is 1.96. The van der Waals surface area contributed by atoms with E-state index >= 15 is 0 Å². The molecule has 0 saturated heterocycles. The van der Waals surface area contributed by atoms with Gasteiger partial charge in [0.05, 0.1) is 5.69 Å². The molecule has 4 nitrogen and oxygen atoms in total. The molecule has 2 rings (SSSR count). The lowest BCUT2D eigenvalue weighted by atomic mass is 10.6. The van der Waals surface area contributed by atoms with E-state index < -0.39 is 0 Å². The number of anilines is 1. The molecular formula is C8H9BrN4. The molecule has 0 aliphatic heterocycles. The highest BCUT2D eigenvalue weighted by atomic mass is 79.9. The van der Waals surface area contributed by atoms with Gasteiger partial charge in [-0.25, -0.2) is 9.97 Å². The highest BCUT2D eigenvalue weighted by molar-refractivity contribution is 9.10. The van der Waals surface area contributed by atoms with Crippen LogP contribution in [-0.4, -0.2) is 21.4 Å². The van der Waals surface area contributed by atoms with E-state index in [1.807, 2.05) is 30.8 Å². The van der Waals surface area contributed by atoms with Crippen molar-refractivity contribution in [1.82, 2.24) is 14.4 Å². The lowest BCUT2D eigenvalue weighted by molar-refractivity contribution is 1.10. The Morgan fingerprint density at radius 1 is 1.38 bits per heavy atom. The van der Waals surface area contributed by atoms with Gasteiger partial charge in [-0.2, -0.15) is 0 Å². The van der Waals surface area contributed by atoms with Gasteiger partial charge in [-0.15, -0.1) is 0 Å². The van der Waals surface area contributed by atoms with Crippen LogP contribution < -0.4 is 5.32 Å². The van der Waals surface area contributed by atoms with Gasteiger partial charge in [-0.05, 0) is 22.9 Å². The first-order chi connectivity index (χ1) is 6.20. The second kappa shape index (κ2) is 2.99. The van der Waals surface area contributed by atoms with E-state index in [1.54, 1.807) is 0 Å². The predicted octanol–water partition coefficient (Wildman–Crippen LogP) is 1.84. The van der Waals surface area contributed by atoms with Crippen molar-refractivity contribution in [2.45, 2.75) is 6.92 Å². The SMILES string of the molecule is CNc1nc(Br)cn2cc(C)nc12. The molecule has 2 aromatic heterocycles. The van der Waals surface area contributed by atoms with Crippen molar-refractivity contribution < 1.29 is 0 Å². The zero-order chi connectivity index (χ0) is 9.42. The van der Waals surface area contributed by atoms with E-state index in [4.69, 9.17) is 0 Å². The summed E-state index contributed by atoms with van der Waals surface area (Å²) in [7, 11) is 1.83. The van der Waals surface area contributed by atoms with Crippen LogP contribution in [0.3, 0.4) is 0 Å². The average Bonchev–Trinajstić information content (AvgIpc) is 2.43. The Morgan fingerprint density at radius 2 is 2.15 bits per heavy atom. The molecule has 2 aromatic rings. The van der Waals surface area contributed by atoms with E-state index in [-0.39, 0.29) is 0 Å². The van der Waals surface area contributed by atoms with Gasteiger partial charge in [0, 0.05) is 19.4 Å². The van der Waals surface area contributed by atoms with Crippen LogP contribution >= 0.6 is 15.9 Å². The molecule has 0 aliphatic carbocycles. The van der Waals surface area contributed by atoms with E-state index in [0.29, 0.717) is 0 Å². The molecule has 1 N–H and O–H groups in total. The van der Waals surface area contributed by atoms with Gasteiger partial charge in [-0.3, -0.25) is 0 Å². The minimum Gasteiger partial charge on any atom is -0.370 e. The fourth-order valence-electron chi connectivity index (χ4n) is 1.26. The Morgan fingerprint density at radius 3 is 2.85 bits per heavy atom. The molecule has 0 fully saturated rings. The van der Waals surface area contributed by atoms with Crippen LogP contribution in [0, 0.1) is 6.92 Å².